The Bertz CT molecular complexity index is 779. The molecule has 0 spiro atoms. The van der Waals surface area contributed by atoms with Gasteiger partial charge in [0.2, 0.25) is 10.0 Å². The minimum Gasteiger partial charge on any atom is -0.389 e. The monoisotopic (exact) mass is 336 g/mol. The number of rotatable bonds is 4. The van der Waals surface area contributed by atoms with Crippen LogP contribution in [0.4, 0.5) is 0 Å². The fourth-order valence-corrected chi connectivity index (χ4v) is 5.13. The van der Waals surface area contributed by atoms with E-state index in [1.807, 2.05) is 0 Å². The summed E-state index contributed by atoms with van der Waals surface area (Å²) in [4.78, 5) is 0.174. The lowest BCUT2D eigenvalue weighted by Gasteiger charge is -2.33. The van der Waals surface area contributed by atoms with Crippen molar-refractivity contribution < 1.29 is 18.0 Å². The summed E-state index contributed by atoms with van der Waals surface area (Å²) in [5, 5.41) is 14.0. The number of hydrogen-bond acceptors (Lipinski definition) is 5. The topological polar surface area (TPSA) is 83.6 Å². The van der Waals surface area contributed by atoms with E-state index in [0.717, 1.165) is 6.42 Å². The fraction of sp³-hybridized carbons (Fsp3) is 0.438. The van der Waals surface area contributed by atoms with E-state index < -0.39 is 21.7 Å². The Labute approximate surface area is 135 Å². The predicted molar refractivity (Wildman–Crippen MR) is 85.2 cm³/mol. The highest BCUT2D eigenvalue weighted by Crippen LogP contribution is 2.35. The smallest absolute Gasteiger partial charge is 0.244 e. The number of aromatic nitrogens is 1. The Balaban J connectivity index is 2.08. The van der Waals surface area contributed by atoms with E-state index in [-0.39, 0.29) is 4.90 Å². The molecular weight excluding hydrogens is 316 g/mol. The third kappa shape index (κ3) is 2.91. The fourth-order valence-electron chi connectivity index (χ4n) is 3.11. The molecule has 0 aliphatic carbocycles. The second-order valence-electron chi connectivity index (χ2n) is 6.30. The van der Waals surface area contributed by atoms with Gasteiger partial charge in [-0.3, -0.25) is 0 Å². The van der Waals surface area contributed by atoms with Gasteiger partial charge in [-0.15, -0.1) is 0 Å². The SMILES string of the molecule is CC(C)(O)C1CCCN1S(=O)(=O)c1ccccc1-c1ccno1. The summed E-state index contributed by atoms with van der Waals surface area (Å²) in [5.41, 5.74) is -0.614. The van der Waals surface area contributed by atoms with Gasteiger partial charge in [0.25, 0.3) is 0 Å². The molecule has 2 aromatic rings. The standard InChI is InChI=1S/C16H20N2O4S/c1-16(2,19)15-8-5-11-18(15)23(20,21)14-7-4-3-6-12(14)13-9-10-17-22-13/h3-4,6-7,9-10,15,19H,5,8,11H2,1-2H3. The van der Waals surface area contributed by atoms with Crippen molar-refractivity contribution in [3.8, 4) is 11.3 Å². The van der Waals surface area contributed by atoms with E-state index >= 15 is 0 Å². The van der Waals surface area contributed by atoms with Gasteiger partial charge in [0, 0.05) is 18.2 Å². The molecule has 0 amide bonds. The third-order valence-corrected chi connectivity index (χ3v) is 6.16. The Morgan fingerprint density at radius 2 is 2.04 bits per heavy atom. The van der Waals surface area contributed by atoms with Gasteiger partial charge in [-0.1, -0.05) is 17.3 Å². The van der Waals surface area contributed by atoms with Crippen LogP contribution in [0.15, 0.2) is 45.9 Å². The molecule has 7 heteroatoms. The van der Waals surface area contributed by atoms with Crippen LogP contribution in [0.2, 0.25) is 0 Å². The Morgan fingerprint density at radius 1 is 1.30 bits per heavy atom. The van der Waals surface area contributed by atoms with E-state index in [2.05, 4.69) is 5.16 Å². The second-order valence-corrected chi connectivity index (χ2v) is 8.16. The van der Waals surface area contributed by atoms with Crippen LogP contribution < -0.4 is 0 Å². The van der Waals surface area contributed by atoms with E-state index in [9.17, 15) is 13.5 Å². The summed E-state index contributed by atoms with van der Waals surface area (Å²) < 4.78 is 32.9. The molecule has 1 aliphatic rings. The lowest BCUT2D eigenvalue weighted by Crippen LogP contribution is -2.48. The van der Waals surface area contributed by atoms with E-state index in [4.69, 9.17) is 4.52 Å². The first-order chi connectivity index (χ1) is 10.8. The maximum Gasteiger partial charge on any atom is 0.244 e. The molecule has 0 saturated carbocycles. The molecule has 1 atom stereocenters. The first kappa shape index (κ1) is 16.2. The molecule has 0 radical (unpaired) electrons. The van der Waals surface area contributed by atoms with E-state index in [1.165, 1.54) is 10.5 Å². The number of aliphatic hydroxyl groups is 1. The largest absolute Gasteiger partial charge is 0.389 e. The molecule has 1 N–H and O–H groups in total. The third-order valence-electron chi connectivity index (χ3n) is 4.20. The first-order valence-corrected chi connectivity index (χ1v) is 9.00. The van der Waals surface area contributed by atoms with Gasteiger partial charge >= 0.3 is 0 Å². The van der Waals surface area contributed by atoms with E-state index in [0.29, 0.717) is 24.3 Å². The number of nitrogens with zero attached hydrogens (tertiary/aromatic N) is 2. The number of benzene rings is 1. The zero-order valence-electron chi connectivity index (χ0n) is 13.1. The zero-order chi connectivity index (χ0) is 16.7. The molecule has 3 rings (SSSR count). The van der Waals surface area contributed by atoms with Gasteiger partial charge in [0.15, 0.2) is 5.76 Å². The van der Waals surface area contributed by atoms with Gasteiger partial charge < -0.3 is 9.63 Å². The van der Waals surface area contributed by atoms with Crippen molar-refractivity contribution in [1.29, 1.82) is 0 Å². The normalized spacial score (nSPS) is 20.0. The molecule has 1 aromatic heterocycles. The summed E-state index contributed by atoms with van der Waals surface area (Å²) >= 11 is 0. The molecule has 124 valence electrons. The van der Waals surface area contributed by atoms with Crippen molar-refractivity contribution in [3.63, 3.8) is 0 Å². The quantitative estimate of drug-likeness (QED) is 0.926. The highest BCUT2D eigenvalue weighted by Gasteiger charge is 2.43. The van der Waals surface area contributed by atoms with Crippen LogP contribution in [0.5, 0.6) is 0 Å². The molecule has 1 unspecified atom stereocenters. The van der Waals surface area contributed by atoms with Gasteiger partial charge in [-0.05, 0) is 38.8 Å². The van der Waals surface area contributed by atoms with Crippen LogP contribution in [0.25, 0.3) is 11.3 Å². The van der Waals surface area contributed by atoms with Crippen LogP contribution in [0, 0.1) is 0 Å². The Kier molecular flexibility index (Phi) is 4.03. The molecule has 6 nitrogen and oxygen atoms in total. The Hall–Kier alpha value is -1.70. The minimum absolute atomic E-state index is 0.174. The summed E-state index contributed by atoms with van der Waals surface area (Å²) in [5.74, 6) is 0.406. The van der Waals surface area contributed by atoms with Crippen molar-refractivity contribution in [2.45, 2.75) is 43.2 Å². The van der Waals surface area contributed by atoms with Crippen LogP contribution in [0.1, 0.15) is 26.7 Å². The van der Waals surface area contributed by atoms with Crippen molar-refractivity contribution in [2.24, 2.45) is 0 Å². The molecule has 1 aliphatic heterocycles. The molecule has 1 aromatic carbocycles. The summed E-state index contributed by atoms with van der Waals surface area (Å²) in [6, 6.07) is 7.90. The highest BCUT2D eigenvalue weighted by molar-refractivity contribution is 7.89. The molecule has 0 bridgehead atoms. The summed E-state index contributed by atoms with van der Waals surface area (Å²) in [6.45, 7) is 3.70. The van der Waals surface area contributed by atoms with Crippen LogP contribution in [-0.2, 0) is 10.0 Å². The Morgan fingerprint density at radius 3 is 2.70 bits per heavy atom. The van der Waals surface area contributed by atoms with Crippen molar-refractivity contribution in [2.75, 3.05) is 6.54 Å². The molecule has 23 heavy (non-hydrogen) atoms. The first-order valence-electron chi connectivity index (χ1n) is 7.56. The summed E-state index contributed by atoms with van der Waals surface area (Å²) in [7, 11) is -3.74. The predicted octanol–water partition coefficient (Wildman–Crippen LogP) is 2.27. The van der Waals surface area contributed by atoms with Gasteiger partial charge in [-0.25, -0.2) is 8.42 Å². The lowest BCUT2D eigenvalue weighted by atomic mass is 9.98. The maximum atomic E-state index is 13.2. The minimum atomic E-state index is -3.74. The molecule has 1 fully saturated rings. The molecule has 1 saturated heterocycles. The van der Waals surface area contributed by atoms with E-state index in [1.54, 1.807) is 44.2 Å². The van der Waals surface area contributed by atoms with Gasteiger partial charge in [-0.2, -0.15) is 4.31 Å². The van der Waals surface area contributed by atoms with Crippen LogP contribution >= 0.6 is 0 Å². The van der Waals surface area contributed by atoms with Gasteiger partial charge in [0.05, 0.1) is 22.7 Å². The maximum absolute atomic E-state index is 13.2. The highest BCUT2D eigenvalue weighted by atomic mass is 32.2. The molecular formula is C16H20N2O4S. The molecule has 2 heterocycles. The van der Waals surface area contributed by atoms with Crippen LogP contribution in [-0.4, -0.2) is 41.2 Å². The van der Waals surface area contributed by atoms with Crippen molar-refractivity contribution in [3.05, 3.63) is 36.5 Å². The number of sulfonamides is 1. The number of hydrogen-bond donors (Lipinski definition) is 1. The van der Waals surface area contributed by atoms with Crippen molar-refractivity contribution in [1.82, 2.24) is 9.46 Å². The summed E-state index contributed by atoms with van der Waals surface area (Å²) in [6.07, 6.45) is 2.86. The average molecular weight is 336 g/mol. The van der Waals surface area contributed by atoms with Crippen LogP contribution in [0.3, 0.4) is 0 Å². The second kappa shape index (κ2) is 5.74. The van der Waals surface area contributed by atoms with Gasteiger partial charge in [0.1, 0.15) is 0 Å². The average Bonchev–Trinajstić information content (AvgIpc) is 3.18. The lowest BCUT2D eigenvalue weighted by molar-refractivity contribution is 0.0215. The zero-order valence-corrected chi connectivity index (χ0v) is 14.0. The van der Waals surface area contributed by atoms with Crippen molar-refractivity contribution >= 4 is 10.0 Å².